The molecule has 0 bridgehead atoms. The van der Waals surface area contributed by atoms with Gasteiger partial charge in [-0.1, -0.05) is 87.2 Å². The summed E-state index contributed by atoms with van der Waals surface area (Å²) in [5.74, 6) is -0.927. The number of nitriles is 1. The standard InChI is InChI=1S/C26H27NO2/c1-2-3-4-8-16-26(19-27)17-15-23(21-11-13-22(14-12-21)25(28)29)24(18-26)20-9-6-5-7-10-20/h5-7,9-15,17H,2-4,8,16,18H2,1H3,(H,28,29). The minimum Gasteiger partial charge on any atom is -0.478 e. The van der Waals surface area contributed by atoms with Crippen LogP contribution in [0.25, 0.3) is 11.1 Å². The lowest BCUT2D eigenvalue weighted by Gasteiger charge is -2.30. The third kappa shape index (κ3) is 4.84. The molecule has 0 amide bonds. The molecule has 2 aromatic carbocycles. The molecule has 1 N–H and O–H groups in total. The van der Waals surface area contributed by atoms with E-state index in [1.807, 2.05) is 30.3 Å². The van der Waals surface area contributed by atoms with Crippen LogP contribution in [0.3, 0.4) is 0 Å². The number of hydrogen-bond acceptors (Lipinski definition) is 2. The second-order valence-electron chi connectivity index (χ2n) is 7.73. The van der Waals surface area contributed by atoms with Gasteiger partial charge in [0.05, 0.1) is 17.0 Å². The molecule has 0 radical (unpaired) electrons. The van der Waals surface area contributed by atoms with Crippen molar-refractivity contribution in [1.82, 2.24) is 0 Å². The number of allylic oxidation sites excluding steroid dienone is 4. The van der Waals surface area contributed by atoms with Gasteiger partial charge in [0, 0.05) is 0 Å². The molecule has 1 unspecified atom stereocenters. The molecule has 0 heterocycles. The highest BCUT2D eigenvalue weighted by molar-refractivity contribution is 5.98. The maximum absolute atomic E-state index is 11.2. The zero-order valence-electron chi connectivity index (χ0n) is 16.9. The van der Waals surface area contributed by atoms with Crippen molar-refractivity contribution in [3.05, 3.63) is 83.4 Å². The van der Waals surface area contributed by atoms with Gasteiger partial charge in [0.2, 0.25) is 0 Å². The molecule has 0 saturated heterocycles. The Morgan fingerprint density at radius 3 is 2.38 bits per heavy atom. The zero-order valence-corrected chi connectivity index (χ0v) is 16.9. The van der Waals surface area contributed by atoms with E-state index < -0.39 is 11.4 Å². The molecule has 1 aliphatic rings. The quantitative estimate of drug-likeness (QED) is 0.512. The van der Waals surface area contributed by atoms with E-state index in [9.17, 15) is 15.2 Å². The first-order chi connectivity index (χ1) is 14.1. The third-order valence-corrected chi connectivity index (χ3v) is 5.65. The molecule has 3 nitrogen and oxygen atoms in total. The number of carboxylic acid groups (broad SMARTS) is 1. The summed E-state index contributed by atoms with van der Waals surface area (Å²) >= 11 is 0. The fraction of sp³-hybridized carbons (Fsp3) is 0.308. The van der Waals surface area contributed by atoms with Crippen molar-refractivity contribution < 1.29 is 9.90 Å². The van der Waals surface area contributed by atoms with Gasteiger partial charge in [-0.3, -0.25) is 0 Å². The first-order valence-corrected chi connectivity index (χ1v) is 10.3. The van der Waals surface area contributed by atoms with Crippen molar-refractivity contribution in [2.45, 2.75) is 45.4 Å². The summed E-state index contributed by atoms with van der Waals surface area (Å²) in [6.07, 6.45) is 10.2. The number of benzene rings is 2. The summed E-state index contributed by atoms with van der Waals surface area (Å²) in [6, 6.07) is 19.8. The van der Waals surface area contributed by atoms with Crippen molar-refractivity contribution in [3.8, 4) is 6.07 Å². The smallest absolute Gasteiger partial charge is 0.335 e. The summed E-state index contributed by atoms with van der Waals surface area (Å²) in [6.45, 7) is 2.19. The molecule has 1 aliphatic carbocycles. The highest BCUT2D eigenvalue weighted by atomic mass is 16.4. The summed E-state index contributed by atoms with van der Waals surface area (Å²) in [7, 11) is 0. The number of rotatable bonds is 8. The lowest BCUT2D eigenvalue weighted by molar-refractivity contribution is 0.0697. The topological polar surface area (TPSA) is 61.1 Å². The predicted molar refractivity (Wildman–Crippen MR) is 117 cm³/mol. The van der Waals surface area contributed by atoms with Crippen molar-refractivity contribution in [1.29, 1.82) is 5.26 Å². The first-order valence-electron chi connectivity index (χ1n) is 10.3. The van der Waals surface area contributed by atoms with Crippen LogP contribution in [0.5, 0.6) is 0 Å². The van der Waals surface area contributed by atoms with E-state index in [0.29, 0.717) is 6.42 Å². The Hall–Kier alpha value is -3.12. The number of carbonyl (C=O) groups is 1. The Kier molecular flexibility index (Phi) is 6.67. The molecule has 0 saturated carbocycles. The van der Waals surface area contributed by atoms with E-state index in [1.54, 1.807) is 12.1 Å². The molecule has 0 spiro atoms. The van der Waals surface area contributed by atoms with Crippen LogP contribution in [-0.4, -0.2) is 11.1 Å². The third-order valence-electron chi connectivity index (χ3n) is 5.65. The second kappa shape index (κ2) is 9.39. The van der Waals surface area contributed by atoms with Crippen LogP contribution in [0.1, 0.15) is 66.9 Å². The molecule has 29 heavy (non-hydrogen) atoms. The van der Waals surface area contributed by atoms with E-state index >= 15 is 0 Å². The zero-order chi connectivity index (χ0) is 20.7. The lowest BCUT2D eigenvalue weighted by Crippen LogP contribution is -2.19. The summed E-state index contributed by atoms with van der Waals surface area (Å²) < 4.78 is 0. The number of unbranched alkanes of at least 4 members (excludes halogenated alkanes) is 3. The SMILES string of the molecule is CCCCCCC1(C#N)C=CC(c2ccc(C(=O)O)cc2)=C(c2ccccc2)C1. The van der Waals surface area contributed by atoms with Crippen molar-refractivity contribution in [2.75, 3.05) is 0 Å². The molecule has 3 heteroatoms. The molecule has 0 aromatic heterocycles. The van der Waals surface area contributed by atoms with E-state index in [4.69, 9.17) is 0 Å². The molecule has 2 aromatic rings. The highest BCUT2D eigenvalue weighted by Gasteiger charge is 2.32. The largest absolute Gasteiger partial charge is 0.478 e. The van der Waals surface area contributed by atoms with Gasteiger partial charge >= 0.3 is 5.97 Å². The first kappa shape index (κ1) is 20.6. The van der Waals surface area contributed by atoms with E-state index in [-0.39, 0.29) is 5.56 Å². The summed E-state index contributed by atoms with van der Waals surface area (Å²) in [5.41, 5.74) is 4.09. The van der Waals surface area contributed by atoms with Crippen LogP contribution in [0, 0.1) is 16.7 Å². The van der Waals surface area contributed by atoms with E-state index in [1.165, 1.54) is 12.8 Å². The van der Waals surface area contributed by atoms with Gasteiger partial charge in [0.1, 0.15) is 0 Å². The molecule has 148 valence electrons. The number of aromatic carboxylic acids is 1. The van der Waals surface area contributed by atoms with Crippen LogP contribution in [-0.2, 0) is 0 Å². The maximum atomic E-state index is 11.2. The Labute approximate surface area is 173 Å². The van der Waals surface area contributed by atoms with Gasteiger partial charge in [-0.25, -0.2) is 4.79 Å². The second-order valence-corrected chi connectivity index (χ2v) is 7.73. The predicted octanol–water partition coefficient (Wildman–Crippen LogP) is 6.74. The van der Waals surface area contributed by atoms with Gasteiger partial charge in [0.15, 0.2) is 0 Å². The van der Waals surface area contributed by atoms with Crippen LogP contribution in [0.15, 0.2) is 66.7 Å². The van der Waals surface area contributed by atoms with Crippen molar-refractivity contribution in [2.24, 2.45) is 5.41 Å². The van der Waals surface area contributed by atoms with Crippen LogP contribution < -0.4 is 0 Å². The van der Waals surface area contributed by atoms with Crippen molar-refractivity contribution >= 4 is 17.1 Å². The molecular weight excluding hydrogens is 358 g/mol. The average molecular weight is 386 g/mol. The monoisotopic (exact) mass is 385 g/mol. The van der Waals surface area contributed by atoms with Gasteiger partial charge in [-0.15, -0.1) is 0 Å². The molecule has 0 aliphatic heterocycles. The normalized spacial score (nSPS) is 18.5. The number of nitrogens with zero attached hydrogens (tertiary/aromatic N) is 1. The summed E-state index contributed by atoms with van der Waals surface area (Å²) in [5, 5.41) is 19.2. The summed E-state index contributed by atoms with van der Waals surface area (Å²) in [4.78, 5) is 11.2. The van der Waals surface area contributed by atoms with Gasteiger partial charge in [-0.2, -0.15) is 5.26 Å². The fourth-order valence-corrected chi connectivity index (χ4v) is 3.94. The molecule has 1 atom stereocenters. The molecule has 3 rings (SSSR count). The van der Waals surface area contributed by atoms with Crippen LogP contribution in [0.4, 0.5) is 0 Å². The minimum atomic E-state index is -0.927. The van der Waals surface area contributed by atoms with Crippen LogP contribution in [0.2, 0.25) is 0 Å². The highest BCUT2D eigenvalue weighted by Crippen LogP contribution is 2.45. The van der Waals surface area contributed by atoms with Gasteiger partial charge in [-0.05, 0) is 47.2 Å². The van der Waals surface area contributed by atoms with E-state index in [2.05, 4.69) is 37.3 Å². The maximum Gasteiger partial charge on any atom is 0.335 e. The Morgan fingerprint density at radius 2 is 1.76 bits per heavy atom. The Balaban J connectivity index is 1.98. The van der Waals surface area contributed by atoms with Gasteiger partial charge < -0.3 is 5.11 Å². The molecule has 0 fully saturated rings. The number of carboxylic acids is 1. The van der Waals surface area contributed by atoms with Crippen molar-refractivity contribution in [3.63, 3.8) is 0 Å². The van der Waals surface area contributed by atoms with E-state index in [0.717, 1.165) is 41.5 Å². The lowest BCUT2D eigenvalue weighted by atomic mass is 9.71. The van der Waals surface area contributed by atoms with Crippen LogP contribution >= 0.6 is 0 Å². The average Bonchev–Trinajstić information content (AvgIpc) is 2.77. The number of hydrogen-bond donors (Lipinski definition) is 1. The minimum absolute atomic E-state index is 0.276. The van der Waals surface area contributed by atoms with Gasteiger partial charge in [0.25, 0.3) is 0 Å². The Bertz CT molecular complexity index is 948. The molecular formula is C26H27NO2. The fourth-order valence-electron chi connectivity index (χ4n) is 3.94. The Morgan fingerprint density at radius 1 is 1.03 bits per heavy atom.